The van der Waals surface area contributed by atoms with Crippen LogP contribution in [-0.4, -0.2) is 48.0 Å². The Kier molecular flexibility index (Phi) is 5.93. The number of nitrogens with zero attached hydrogens (tertiary/aromatic N) is 1. The molecule has 0 unspecified atom stereocenters. The molecule has 0 saturated carbocycles. The van der Waals surface area contributed by atoms with Gasteiger partial charge in [-0.25, -0.2) is 4.79 Å². The number of hydrogen-bond acceptors (Lipinski definition) is 3. The first-order chi connectivity index (χ1) is 11.2. The number of ether oxygens (including phenoxy) is 1. The van der Waals surface area contributed by atoms with E-state index in [2.05, 4.69) is 10.1 Å². The van der Waals surface area contributed by atoms with E-state index in [1.165, 1.54) is 12.1 Å². The number of hydrogen-bond donors (Lipinski definition) is 2. The lowest BCUT2D eigenvalue weighted by Crippen LogP contribution is -2.38. The number of aliphatic hydroxyl groups is 1. The molecule has 1 aliphatic heterocycles. The second kappa shape index (κ2) is 7.74. The summed E-state index contributed by atoms with van der Waals surface area (Å²) >= 11 is 0. The van der Waals surface area contributed by atoms with E-state index in [1.54, 1.807) is 24.0 Å². The van der Waals surface area contributed by atoms with Gasteiger partial charge in [-0.05, 0) is 31.0 Å². The van der Waals surface area contributed by atoms with Crippen molar-refractivity contribution in [1.82, 2.24) is 10.2 Å². The van der Waals surface area contributed by atoms with Gasteiger partial charge in [-0.3, -0.25) is 0 Å². The van der Waals surface area contributed by atoms with Crippen LogP contribution in [0, 0.1) is 5.92 Å². The first-order valence-corrected chi connectivity index (χ1v) is 7.74. The highest BCUT2D eigenvalue weighted by Crippen LogP contribution is 2.20. The van der Waals surface area contributed by atoms with E-state index in [0.29, 0.717) is 13.1 Å². The number of likely N-dealkylation sites (tertiary alicyclic amines) is 1. The van der Waals surface area contributed by atoms with Crippen molar-refractivity contribution in [1.29, 1.82) is 0 Å². The maximum atomic E-state index is 12.1. The van der Waals surface area contributed by atoms with E-state index in [-0.39, 0.29) is 24.2 Å². The molecule has 2 amide bonds. The summed E-state index contributed by atoms with van der Waals surface area (Å²) in [5.74, 6) is 0.225. The smallest absolute Gasteiger partial charge is 0.422 e. The summed E-state index contributed by atoms with van der Waals surface area (Å²) in [4.78, 5) is 13.7. The van der Waals surface area contributed by atoms with Gasteiger partial charge in [0.2, 0.25) is 0 Å². The number of carbonyl (C=O) groups excluding carboxylic acids is 1. The predicted molar refractivity (Wildman–Crippen MR) is 81.6 cm³/mol. The van der Waals surface area contributed by atoms with Gasteiger partial charge in [0.25, 0.3) is 0 Å². The summed E-state index contributed by atoms with van der Waals surface area (Å²) in [5.41, 5.74) is 0.758. The van der Waals surface area contributed by atoms with Crippen molar-refractivity contribution in [3.63, 3.8) is 0 Å². The van der Waals surface area contributed by atoms with Crippen LogP contribution < -0.4 is 10.1 Å². The molecule has 8 heteroatoms. The van der Waals surface area contributed by atoms with Gasteiger partial charge in [-0.2, -0.15) is 13.2 Å². The molecule has 1 aromatic rings. The Morgan fingerprint density at radius 2 is 2.08 bits per heavy atom. The number of aliphatic hydroxyl groups excluding tert-OH is 1. The molecule has 5 nitrogen and oxygen atoms in total. The fourth-order valence-electron chi connectivity index (χ4n) is 2.52. The molecule has 134 valence electrons. The molecule has 1 aliphatic rings. The van der Waals surface area contributed by atoms with Gasteiger partial charge >= 0.3 is 12.2 Å². The topological polar surface area (TPSA) is 61.8 Å². The lowest BCUT2D eigenvalue weighted by molar-refractivity contribution is -0.153. The number of nitrogens with one attached hydrogen (secondary N) is 1. The molecule has 1 aromatic carbocycles. The van der Waals surface area contributed by atoms with E-state index >= 15 is 0 Å². The third kappa shape index (κ3) is 5.59. The first-order valence-electron chi connectivity index (χ1n) is 7.74. The Labute approximate surface area is 138 Å². The third-order valence-electron chi connectivity index (χ3n) is 3.96. The molecule has 0 spiro atoms. The van der Waals surface area contributed by atoms with E-state index < -0.39 is 18.9 Å². The van der Waals surface area contributed by atoms with Gasteiger partial charge in [0.1, 0.15) is 5.75 Å². The van der Waals surface area contributed by atoms with Crippen LogP contribution in [0.4, 0.5) is 18.0 Å². The average molecular weight is 346 g/mol. The lowest BCUT2D eigenvalue weighted by atomic mass is 10.0. The van der Waals surface area contributed by atoms with E-state index in [4.69, 9.17) is 0 Å². The van der Waals surface area contributed by atoms with Gasteiger partial charge in [-0.15, -0.1) is 0 Å². The Hall–Kier alpha value is -1.96. The Bertz CT molecular complexity index is 546. The number of amides is 2. The van der Waals surface area contributed by atoms with Crippen LogP contribution in [0.2, 0.25) is 0 Å². The zero-order chi connectivity index (χ0) is 17.7. The Balaban J connectivity index is 1.77. The highest BCUT2D eigenvalue weighted by Gasteiger charge is 2.29. The number of carbonyl (C=O) groups is 1. The van der Waals surface area contributed by atoms with Crippen LogP contribution in [0.5, 0.6) is 5.75 Å². The first kappa shape index (κ1) is 18.4. The minimum absolute atomic E-state index is 0.0980. The van der Waals surface area contributed by atoms with Gasteiger partial charge in [0.15, 0.2) is 6.61 Å². The standard InChI is InChI=1S/C16H21F3N2O3/c1-11(22)13-6-7-21(9-13)15(23)20-8-12-2-4-14(5-3-12)24-10-16(17,18)19/h2-5,11,13,22H,6-10H2,1H3,(H,20,23)/t11-,13+/m1/s1. The second-order valence-corrected chi connectivity index (χ2v) is 5.94. The molecule has 1 saturated heterocycles. The largest absolute Gasteiger partial charge is 0.484 e. The van der Waals surface area contributed by atoms with Crippen LogP contribution in [0.25, 0.3) is 0 Å². The number of halogens is 3. The van der Waals surface area contributed by atoms with Gasteiger partial charge in [0.05, 0.1) is 6.10 Å². The van der Waals surface area contributed by atoms with Crippen molar-refractivity contribution >= 4 is 6.03 Å². The van der Waals surface area contributed by atoms with Crippen LogP contribution in [0.1, 0.15) is 18.9 Å². The lowest BCUT2D eigenvalue weighted by Gasteiger charge is -2.18. The van der Waals surface area contributed by atoms with Gasteiger partial charge < -0.3 is 20.1 Å². The Morgan fingerprint density at radius 3 is 2.62 bits per heavy atom. The molecule has 0 aliphatic carbocycles. The van der Waals surface area contributed by atoms with E-state index in [9.17, 15) is 23.1 Å². The fraction of sp³-hybridized carbons (Fsp3) is 0.562. The maximum Gasteiger partial charge on any atom is 0.422 e. The summed E-state index contributed by atoms with van der Waals surface area (Å²) in [6.45, 7) is 1.78. The van der Waals surface area contributed by atoms with Crippen molar-refractivity contribution in [3.05, 3.63) is 29.8 Å². The number of urea groups is 1. The summed E-state index contributed by atoms with van der Waals surface area (Å²) in [5, 5.41) is 12.3. The Morgan fingerprint density at radius 1 is 1.42 bits per heavy atom. The summed E-state index contributed by atoms with van der Waals surface area (Å²) in [6, 6.07) is 5.87. The molecule has 0 bridgehead atoms. The molecule has 2 N–H and O–H groups in total. The van der Waals surface area contributed by atoms with E-state index in [1.807, 2.05) is 0 Å². The molecule has 1 heterocycles. The fourth-order valence-corrected chi connectivity index (χ4v) is 2.52. The quantitative estimate of drug-likeness (QED) is 0.861. The van der Waals surface area contributed by atoms with E-state index in [0.717, 1.165) is 12.0 Å². The number of alkyl halides is 3. The zero-order valence-corrected chi connectivity index (χ0v) is 13.3. The molecule has 2 atom stereocenters. The highest BCUT2D eigenvalue weighted by molar-refractivity contribution is 5.74. The zero-order valence-electron chi connectivity index (χ0n) is 13.3. The number of benzene rings is 1. The van der Waals surface area contributed by atoms with Crippen LogP contribution in [0.3, 0.4) is 0 Å². The highest BCUT2D eigenvalue weighted by atomic mass is 19.4. The molecule has 2 rings (SSSR count). The van der Waals surface area contributed by atoms with Crippen LogP contribution in [-0.2, 0) is 6.54 Å². The van der Waals surface area contributed by atoms with Crippen molar-refractivity contribution in [2.45, 2.75) is 32.2 Å². The normalized spacial score (nSPS) is 19.2. The molecular formula is C16H21F3N2O3. The molecule has 0 aromatic heterocycles. The van der Waals surface area contributed by atoms with Crippen molar-refractivity contribution in [2.24, 2.45) is 5.92 Å². The molecule has 1 fully saturated rings. The summed E-state index contributed by atoms with van der Waals surface area (Å²) in [7, 11) is 0. The summed E-state index contributed by atoms with van der Waals surface area (Å²) < 4.78 is 40.8. The second-order valence-electron chi connectivity index (χ2n) is 5.94. The van der Waals surface area contributed by atoms with Crippen LogP contribution in [0.15, 0.2) is 24.3 Å². The number of rotatable bonds is 5. The van der Waals surface area contributed by atoms with Crippen molar-refractivity contribution in [2.75, 3.05) is 19.7 Å². The molecule has 24 heavy (non-hydrogen) atoms. The molecule has 0 radical (unpaired) electrons. The SMILES string of the molecule is C[C@@H](O)[C@H]1CCN(C(=O)NCc2ccc(OCC(F)(F)F)cc2)C1. The minimum Gasteiger partial charge on any atom is -0.484 e. The van der Waals surface area contributed by atoms with Crippen molar-refractivity contribution < 1.29 is 27.8 Å². The van der Waals surface area contributed by atoms with Gasteiger partial charge in [-0.1, -0.05) is 12.1 Å². The van der Waals surface area contributed by atoms with Gasteiger partial charge in [0, 0.05) is 25.6 Å². The monoisotopic (exact) mass is 346 g/mol. The average Bonchev–Trinajstić information content (AvgIpc) is 3.01. The van der Waals surface area contributed by atoms with Crippen LogP contribution >= 0.6 is 0 Å². The molecular weight excluding hydrogens is 325 g/mol. The third-order valence-corrected chi connectivity index (χ3v) is 3.96. The van der Waals surface area contributed by atoms with Crippen molar-refractivity contribution in [3.8, 4) is 5.75 Å². The predicted octanol–water partition coefficient (Wildman–Crippen LogP) is 2.54. The maximum absolute atomic E-state index is 12.1. The summed E-state index contributed by atoms with van der Waals surface area (Å²) in [6.07, 6.45) is -4.03. The minimum atomic E-state index is -4.37.